The Morgan fingerprint density at radius 2 is 0.745 bits per heavy atom. The van der Waals surface area contributed by atoms with Gasteiger partial charge in [-0.15, -0.1) is 0 Å². The van der Waals surface area contributed by atoms with Gasteiger partial charge >= 0.3 is 0 Å². The molecule has 0 saturated carbocycles. The highest BCUT2D eigenvalue weighted by atomic mass is 16.3. The first kappa shape index (κ1) is 32.2. The van der Waals surface area contributed by atoms with Gasteiger partial charge in [0.2, 0.25) is 0 Å². The molecule has 10 aromatic rings. The van der Waals surface area contributed by atoms with E-state index in [2.05, 4.69) is 127 Å². The molecule has 0 spiro atoms. The van der Waals surface area contributed by atoms with Crippen LogP contribution in [0.1, 0.15) is 0 Å². The Labute approximate surface area is 319 Å². The first-order valence-electron chi connectivity index (χ1n) is 18.4. The average Bonchev–Trinajstić information content (AvgIpc) is 3.66. The van der Waals surface area contributed by atoms with Gasteiger partial charge in [0.25, 0.3) is 0 Å². The van der Waals surface area contributed by atoms with Gasteiger partial charge in [0.05, 0.1) is 0 Å². The number of furan rings is 1. The first-order chi connectivity index (χ1) is 27.2. The Morgan fingerprint density at radius 1 is 0.273 bits per heavy atom. The molecule has 55 heavy (non-hydrogen) atoms. The Kier molecular flexibility index (Phi) is 8.12. The molecule has 0 aliphatic carbocycles. The second-order valence-electron chi connectivity index (χ2n) is 13.6. The van der Waals surface area contributed by atoms with Crippen LogP contribution in [0.25, 0.3) is 101 Å². The van der Waals surface area contributed by atoms with Crippen LogP contribution >= 0.6 is 0 Å². The smallest absolute Gasteiger partial charge is 0.164 e. The number of rotatable bonds is 7. The molecule has 258 valence electrons. The third kappa shape index (κ3) is 6.16. The number of benzene rings is 8. The minimum absolute atomic E-state index is 0.598. The molecule has 0 bridgehead atoms. The summed E-state index contributed by atoms with van der Waals surface area (Å²) in [5, 5.41) is 1.98. The standard InChI is InChI=1S/C51H33N3O/c1-5-14-34(15-6-1)35-24-26-37(27-25-35)42-30-28-40(32-44(42)36-16-7-2-8-17-36)41-29-31-46-45(33-41)48-43(22-13-23-47(48)55-46)51-53-49(38-18-9-3-10-19-38)52-50(54-51)39-20-11-4-12-21-39/h1-33H. The van der Waals surface area contributed by atoms with E-state index in [-0.39, 0.29) is 0 Å². The van der Waals surface area contributed by atoms with Crippen molar-refractivity contribution in [1.82, 2.24) is 15.0 Å². The van der Waals surface area contributed by atoms with Gasteiger partial charge in [0, 0.05) is 27.5 Å². The van der Waals surface area contributed by atoms with Crippen LogP contribution < -0.4 is 0 Å². The summed E-state index contributed by atoms with van der Waals surface area (Å²) in [6.45, 7) is 0. The molecule has 0 radical (unpaired) electrons. The van der Waals surface area contributed by atoms with E-state index >= 15 is 0 Å². The minimum atomic E-state index is 0.598. The first-order valence-corrected chi connectivity index (χ1v) is 18.4. The highest BCUT2D eigenvalue weighted by molar-refractivity contribution is 6.13. The molecular formula is C51H33N3O. The van der Waals surface area contributed by atoms with E-state index < -0.39 is 0 Å². The molecule has 0 atom stereocenters. The molecule has 10 rings (SSSR count). The van der Waals surface area contributed by atoms with Crippen molar-refractivity contribution in [3.63, 3.8) is 0 Å². The van der Waals surface area contributed by atoms with Crippen LogP contribution in [0.15, 0.2) is 205 Å². The summed E-state index contributed by atoms with van der Waals surface area (Å²) in [6, 6.07) is 69.5. The van der Waals surface area contributed by atoms with E-state index in [1.54, 1.807) is 0 Å². The SMILES string of the molecule is c1ccc(-c2ccc(-c3ccc(-c4ccc5oc6cccc(-c7nc(-c8ccccc8)nc(-c8ccccc8)n7)c6c5c4)cc3-c3ccccc3)cc2)cc1. The quantitative estimate of drug-likeness (QED) is 0.166. The molecule has 4 nitrogen and oxygen atoms in total. The van der Waals surface area contributed by atoms with Crippen molar-refractivity contribution >= 4 is 21.9 Å². The second kappa shape index (κ2) is 13.8. The highest BCUT2D eigenvalue weighted by Crippen LogP contribution is 2.41. The fourth-order valence-electron chi connectivity index (χ4n) is 7.43. The molecule has 0 N–H and O–H groups in total. The number of fused-ring (bicyclic) bond motifs is 3. The molecule has 0 saturated heterocycles. The maximum Gasteiger partial charge on any atom is 0.164 e. The predicted molar refractivity (Wildman–Crippen MR) is 225 cm³/mol. The van der Waals surface area contributed by atoms with Crippen LogP contribution in [0, 0.1) is 0 Å². The maximum atomic E-state index is 6.48. The van der Waals surface area contributed by atoms with Gasteiger partial charge in [-0.05, 0) is 68.8 Å². The third-order valence-electron chi connectivity index (χ3n) is 10.2. The Balaban J connectivity index is 1.11. The monoisotopic (exact) mass is 703 g/mol. The molecule has 4 heteroatoms. The zero-order chi connectivity index (χ0) is 36.6. The largest absolute Gasteiger partial charge is 0.456 e. The van der Waals surface area contributed by atoms with Gasteiger partial charge in [-0.3, -0.25) is 0 Å². The molecule has 0 aliphatic heterocycles. The summed E-state index contributed by atoms with van der Waals surface area (Å²) >= 11 is 0. The molecule has 0 amide bonds. The van der Waals surface area contributed by atoms with E-state index in [1.165, 1.54) is 33.4 Å². The van der Waals surface area contributed by atoms with E-state index in [9.17, 15) is 0 Å². The van der Waals surface area contributed by atoms with Crippen LogP contribution in [-0.2, 0) is 0 Å². The van der Waals surface area contributed by atoms with Crippen molar-refractivity contribution in [2.45, 2.75) is 0 Å². The summed E-state index contributed by atoms with van der Waals surface area (Å²) in [6.07, 6.45) is 0. The van der Waals surface area contributed by atoms with Crippen LogP contribution in [-0.4, -0.2) is 15.0 Å². The maximum absolute atomic E-state index is 6.48. The number of hydrogen-bond acceptors (Lipinski definition) is 4. The summed E-state index contributed by atoms with van der Waals surface area (Å²) in [5.74, 6) is 1.84. The van der Waals surface area contributed by atoms with Crippen molar-refractivity contribution in [3.05, 3.63) is 200 Å². The minimum Gasteiger partial charge on any atom is -0.456 e. The highest BCUT2D eigenvalue weighted by Gasteiger charge is 2.19. The lowest BCUT2D eigenvalue weighted by Crippen LogP contribution is -2.00. The average molecular weight is 704 g/mol. The Bertz CT molecular complexity index is 2880. The third-order valence-corrected chi connectivity index (χ3v) is 10.2. The molecular weight excluding hydrogens is 671 g/mol. The molecule has 2 heterocycles. The van der Waals surface area contributed by atoms with E-state index in [0.29, 0.717) is 17.5 Å². The fraction of sp³-hybridized carbons (Fsp3) is 0. The van der Waals surface area contributed by atoms with E-state index in [4.69, 9.17) is 19.4 Å². The second-order valence-corrected chi connectivity index (χ2v) is 13.6. The van der Waals surface area contributed by atoms with Crippen LogP contribution in [0.2, 0.25) is 0 Å². The van der Waals surface area contributed by atoms with Crippen LogP contribution in [0.3, 0.4) is 0 Å². The van der Waals surface area contributed by atoms with Gasteiger partial charge < -0.3 is 4.42 Å². The molecule has 0 fully saturated rings. The number of nitrogens with zero attached hydrogens (tertiary/aromatic N) is 3. The molecule has 0 unspecified atom stereocenters. The normalized spacial score (nSPS) is 11.3. The van der Waals surface area contributed by atoms with E-state index in [1.807, 2.05) is 72.8 Å². The summed E-state index contributed by atoms with van der Waals surface area (Å²) in [5.41, 5.74) is 13.7. The summed E-state index contributed by atoms with van der Waals surface area (Å²) < 4.78 is 6.48. The zero-order valence-electron chi connectivity index (χ0n) is 29.8. The van der Waals surface area contributed by atoms with Gasteiger partial charge in [0.1, 0.15) is 11.2 Å². The summed E-state index contributed by atoms with van der Waals surface area (Å²) in [7, 11) is 0. The van der Waals surface area contributed by atoms with Crippen molar-refractivity contribution in [3.8, 4) is 78.7 Å². The van der Waals surface area contributed by atoms with Crippen molar-refractivity contribution in [2.75, 3.05) is 0 Å². The van der Waals surface area contributed by atoms with Crippen molar-refractivity contribution < 1.29 is 4.42 Å². The lowest BCUT2D eigenvalue weighted by molar-refractivity contribution is 0.669. The Hall–Kier alpha value is -7.43. The zero-order valence-corrected chi connectivity index (χ0v) is 29.8. The number of aromatic nitrogens is 3. The van der Waals surface area contributed by atoms with Crippen LogP contribution in [0.5, 0.6) is 0 Å². The lowest BCUT2D eigenvalue weighted by atomic mass is 9.90. The summed E-state index contributed by atoms with van der Waals surface area (Å²) in [4.78, 5) is 15.0. The van der Waals surface area contributed by atoms with Crippen LogP contribution in [0.4, 0.5) is 0 Å². The van der Waals surface area contributed by atoms with Crippen molar-refractivity contribution in [1.29, 1.82) is 0 Å². The predicted octanol–water partition coefficient (Wildman–Crippen LogP) is 13.4. The van der Waals surface area contributed by atoms with Gasteiger partial charge in [0.15, 0.2) is 17.5 Å². The molecule has 8 aromatic carbocycles. The lowest BCUT2D eigenvalue weighted by Gasteiger charge is -2.14. The molecule has 0 aliphatic rings. The van der Waals surface area contributed by atoms with Gasteiger partial charge in [-0.1, -0.05) is 176 Å². The number of hydrogen-bond donors (Lipinski definition) is 0. The van der Waals surface area contributed by atoms with E-state index in [0.717, 1.165) is 49.8 Å². The topological polar surface area (TPSA) is 51.8 Å². The van der Waals surface area contributed by atoms with Gasteiger partial charge in [-0.25, -0.2) is 15.0 Å². The van der Waals surface area contributed by atoms with Crippen molar-refractivity contribution in [2.24, 2.45) is 0 Å². The fourth-order valence-corrected chi connectivity index (χ4v) is 7.43. The molecule has 2 aromatic heterocycles. The van der Waals surface area contributed by atoms with Gasteiger partial charge in [-0.2, -0.15) is 0 Å². The Morgan fingerprint density at radius 3 is 1.38 bits per heavy atom.